The summed E-state index contributed by atoms with van der Waals surface area (Å²) in [7, 11) is 0. The van der Waals surface area contributed by atoms with Crippen LogP contribution in [0.2, 0.25) is 0 Å². The average molecular weight is 378 g/mol. The largest absolute Gasteiger partial charge is 0.513 e. The van der Waals surface area contributed by atoms with Crippen molar-refractivity contribution < 1.29 is 37.0 Å². The lowest BCUT2D eigenvalue weighted by atomic mass is 10.1. The third-order valence-electron chi connectivity index (χ3n) is 3.59. The molecule has 0 spiro atoms. The second-order valence-corrected chi connectivity index (χ2v) is 5.46. The molecule has 0 aliphatic carbocycles. The zero-order valence-electron chi connectivity index (χ0n) is 13.7. The molecule has 1 heterocycles. The predicted octanol–water partition coefficient (Wildman–Crippen LogP) is 5.60. The molecule has 0 atom stereocenters. The number of carbonyl (C=O) groups is 1. The Morgan fingerprint density at radius 3 is 2.22 bits per heavy atom. The molecule has 2 aromatic carbocycles. The molecule has 0 saturated heterocycles. The van der Waals surface area contributed by atoms with E-state index in [9.17, 15) is 18.0 Å². The molecule has 0 amide bonds. The Balaban J connectivity index is 1.74. The first kappa shape index (κ1) is 18.4. The van der Waals surface area contributed by atoms with Gasteiger partial charge in [-0.05, 0) is 23.3 Å². The van der Waals surface area contributed by atoms with E-state index < -0.39 is 30.6 Å². The van der Waals surface area contributed by atoms with E-state index in [1.54, 1.807) is 24.3 Å². The van der Waals surface area contributed by atoms with Crippen LogP contribution in [-0.4, -0.2) is 11.3 Å². The highest BCUT2D eigenvalue weighted by Crippen LogP contribution is 2.37. The lowest BCUT2D eigenvalue weighted by molar-refractivity contribution is -0.154. The van der Waals surface area contributed by atoms with Gasteiger partial charge in [0.15, 0.2) is 0 Å². The standard InChI is InChI=1S/C19H13F3O5/c20-19(21,22)17-14(10-16(26-17)27-18(23)24)11-25-15-8-6-13(7-9-15)12-4-2-1-3-5-12/h1-10H,11H2,(H,23,24). The number of ether oxygens (including phenoxy) is 2. The van der Waals surface area contributed by atoms with Crippen molar-refractivity contribution >= 4 is 6.16 Å². The molecule has 27 heavy (non-hydrogen) atoms. The molecule has 1 N–H and O–H groups in total. The van der Waals surface area contributed by atoms with Gasteiger partial charge in [0.2, 0.25) is 5.76 Å². The molecule has 0 radical (unpaired) electrons. The fourth-order valence-corrected chi connectivity index (χ4v) is 2.42. The second-order valence-electron chi connectivity index (χ2n) is 5.46. The van der Waals surface area contributed by atoms with Gasteiger partial charge in [0.1, 0.15) is 12.4 Å². The van der Waals surface area contributed by atoms with E-state index in [0.29, 0.717) is 5.75 Å². The molecule has 0 fully saturated rings. The van der Waals surface area contributed by atoms with E-state index >= 15 is 0 Å². The summed E-state index contributed by atoms with van der Waals surface area (Å²) in [6.07, 6.45) is -6.59. The number of carboxylic acid groups (broad SMARTS) is 1. The summed E-state index contributed by atoms with van der Waals surface area (Å²) >= 11 is 0. The third-order valence-corrected chi connectivity index (χ3v) is 3.59. The normalized spacial score (nSPS) is 11.2. The Kier molecular flexibility index (Phi) is 5.07. The predicted molar refractivity (Wildman–Crippen MR) is 88.6 cm³/mol. The van der Waals surface area contributed by atoms with Crippen molar-refractivity contribution in [2.24, 2.45) is 0 Å². The van der Waals surface area contributed by atoms with Crippen molar-refractivity contribution in [3.8, 4) is 22.8 Å². The molecule has 1 aromatic heterocycles. The topological polar surface area (TPSA) is 68.9 Å². The van der Waals surface area contributed by atoms with E-state index in [0.717, 1.165) is 17.2 Å². The summed E-state index contributed by atoms with van der Waals surface area (Å²) in [4.78, 5) is 10.5. The van der Waals surface area contributed by atoms with E-state index in [4.69, 9.17) is 9.84 Å². The van der Waals surface area contributed by atoms with E-state index in [1.807, 2.05) is 30.3 Å². The van der Waals surface area contributed by atoms with Gasteiger partial charge in [0.25, 0.3) is 5.95 Å². The molecule has 0 saturated carbocycles. The highest BCUT2D eigenvalue weighted by atomic mass is 19.4. The molecule has 0 aliphatic heterocycles. The lowest BCUT2D eigenvalue weighted by Crippen LogP contribution is -2.08. The van der Waals surface area contributed by atoms with Gasteiger partial charge in [0.05, 0.1) is 0 Å². The average Bonchev–Trinajstić information content (AvgIpc) is 3.03. The highest BCUT2D eigenvalue weighted by Gasteiger charge is 2.39. The van der Waals surface area contributed by atoms with Crippen LogP contribution in [0.3, 0.4) is 0 Å². The summed E-state index contributed by atoms with van der Waals surface area (Å²) in [6.45, 7) is -0.466. The Bertz CT molecular complexity index is 915. The minimum Gasteiger partial charge on any atom is -0.489 e. The van der Waals surface area contributed by atoms with Gasteiger partial charge >= 0.3 is 12.3 Å². The van der Waals surface area contributed by atoms with E-state index in [-0.39, 0.29) is 5.56 Å². The van der Waals surface area contributed by atoms with Gasteiger partial charge < -0.3 is 19.0 Å². The molecule has 8 heteroatoms. The molecule has 0 bridgehead atoms. The highest BCUT2D eigenvalue weighted by molar-refractivity contribution is 5.64. The first-order chi connectivity index (χ1) is 12.8. The molecule has 3 rings (SSSR count). The molecular formula is C19H13F3O5. The summed E-state index contributed by atoms with van der Waals surface area (Å²) in [5.41, 5.74) is 1.55. The maximum Gasteiger partial charge on any atom is 0.513 e. The maximum atomic E-state index is 13.0. The number of hydrogen-bond donors (Lipinski definition) is 1. The van der Waals surface area contributed by atoms with Crippen LogP contribution >= 0.6 is 0 Å². The Morgan fingerprint density at radius 2 is 1.63 bits per heavy atom. The monoisotopic (exact) mass is 378 g/mol. The zero-order valence-corrected chi connectivity index (χ0v) is 13.7. The molecule has 3 aromatic rings. The first-order valence-corrected chi connectivity index (χ1v) is 7.72. The molecule has 0 aliphatic rings. The van der Waals surface area contributed by atoms with Gasteiger partial charge in [-0.15, -0.1) is 0 Å². The molecule has 0 unspecified atom stereocenters. The molecule has 5 nitrogen and oxygen atoms in total. The molecular weight excluding hydrogens is 365 g/mol. The van der Waals surface area contributed by atoms with Gasteiger partial charge in [-0.3, -0.25) is 0 Å². The SMILES string of the molecule is O=C(O)Oc1cc(COc2ccc(-c3ccccc3)cc2)c(C(F)(F)F)o1. The summed E-state index contributed by atoms with van der Waals surface area (Å²) in [5.74, 6) is -1.78. The number of hydrogen-bond acceptors (Lipinski definition) is 4. The van der Waals surface area contributed by atoms with Gasteiger partial charge in [-0.2, -0.15) is 13.2 Å². The number of halogens is 3. The summed E-state index contributed by atoms with van der Waals surface area (Å²) < 4.78 is 53.0. The Labute approximate surface area is 151 Å². The van der Waals surface area contributed by atoms with Crippen molar-refractivity contribution in [1.29, 1.82) is 0 Å². The Morgan fingerprint density at radius 1 is 1.00 bits per heavy atom. The van der Waals surface area contributed by atoms with Crippen LogP contribution < -0.4 is 9.47 Å². The second kappa shape index (κ2) is 7.45. The van der Waals surface area contributed by atoms with Crippen molar-refractivity contribution in [3.63, 3.8) is 0 Å². The number of benzene rings is 2. The minimum absolute atomic E-state index is 0.352. The quantitative estimate of drug-likeness (QED) is 0.585. The smallest absolute Gasteiger partial charge is 0.489 e. The van der Waals surface area contributed by atoms with Crippen LogP contribution in [0.25, 0.3) is 11.1 Å². The van der Waals surface area contributed by atoms with E-state index in [2.05, 4.69) is 9.15 Å². The Hall–Kier alpha value is -3.42. The van der Waals surface area contributed by atoms with Gasteiger partial charge in [0, 0.05) is 11.6 Å². The number of furan rings is 1. The third kappa shape index (κ3) is 4.60. The van der Waals surface area contributed by atoms with Crippen LogP contribution in [-0.2, 0) is 12.8 Å². The summed E-state index contributed by atoms with van der Waals surface area (Å²) in [6, 6.07) is 17.2. The lowest BCUT2D eigenvalue weighted by Gasteiger charge is -2.09. The van der Waals surface area contributed by atoms with Gasteiger partial charge in [-0.1, -0.05) is 42.5 Å². The first-order valence-electron chi connectivity index (χ1n) is 7.72. The minimum atomic E-state index is -4.81. The van der Waals surface area contributed by atoms with Crippen molar-refractivity contribution in [2.75, 3.05) is 0 Å². The number of rotatable bonds is 5. The van der Waals surface area contributed by atoms with Crippen molar-refractivity contribution in [1.82, 2.24) is 0 Å². The van der Waals surface area contributed by atoms with Crippen LogP contribution in [0.5, 0.6) is 11.7 Å². The fourth-order valence-electron chi connectivity index (χ4n) is 2.42. The molecule has 140 valence electrons. The van der Waals surface area contributed by atoms with Crippen LogP contribution in [0, 0.1) is 0 Å². The van der Waals surface area contributed by atoms with Crippen molar-refractivity contribution in [2.45, 2.75) is 12.8 Å². The zero-order chi connectivity index (χ0) is 19.4. The van der Waals surface area contributed by atoms with Crippen LogP contribution in [0.1, 0.15) is 11.3 Å². The fraction of sp³-hybridized carbons (Fsp3) is 0.105. The summed E-state index contributed by atoms with van der Waals surface area (Å²) in [5, 5.41) is 8.50. The number of alkyl halides is 3. The van der Waals surface area contributed by atoms with Crippen molar-refractivity contribution in [3.05, 3.63) is 72.0 Å². The van der Waals surface area contributed by atoms with Crippen LogP contribution in [0.4, 0.5) is 18.0 Å². The van der Waals surface area contributed by atoms with E-state index in [1.165, 1.54) is 0 Å². The van der Waals surface area contributed by atoms with Crippen LogP contribution in [0.15, 0.2) is 65.1 Å². The van der Waals surface area contributed by atoms with Gasteiger partial charge in [-0.25, -0.2) is 4.79 Å². The maximum absolute atomic E-state index is 13.0.